The number of unbranched alkanes of at least 4 members (excludes halogenated alkanes) is 4. The van der Waals surface area contributed by atoms with Gasteiger partial charge in [-0.3, -0.25) is 9.59 Å². The molecule has 2 aliphatic carbocycles. The number of hydrogen-bond donors (Lipinski definition) is 0. The van der Waals surface area contributed by atoms with Gasteiger partial charge in [-0.05, 0) is 107 Å². The quantitative estimate of drug-likeness (QED) is 0.0585. The van der Waals surface area contributed by atoms with Crippen LogP contribution < -0.4 is 0 Å². The molecule has 2 saturated carbocycles. The molecule has 244 valence electrons. The van der Waals surface area contributed by atoms with Crippen LogP contribution in [0.1, 0.15) is 123 Å². The largest absolute Gasteiger partial charge is 0.463 e. The summed E-state index contributed by atoms with van der Waals surface area (Å²) in [6.45, 7) is 12.8. The van der Waals surface area contributed by atoms with Gasteiger partial charge in [-0.15, -0.1) is 0 Å². The Kier molecular flexibility index (Phi) is 17.5. The van der Waals surface area contributed by atoms with Crippen LogP contribution in [0.5, 0.6) is 0 Å². The zero-order valence-corrected chi connectivity index (χ0v) is 26.8. The highest BCUT2D eigenvalue weighted by Crippen LogP contribution is 2.49. The van der Waals surface area contributed by atoms with E-state index in [1.165, 1.54) is 0 Å². The third kappa shape index (κ3) is 14.7. The Morgan fingerprint density at radius 2 is 1.12 bits per heavy atom. The van der Waals surface area contributed by atoms with Crippen LogP contribution in [0.25, 0.3) is 0 Å². The molecule has 8 nitrogen and oxygen atoms in total. The first-order valence-corrected chi connectivity index (χ1v) is 16.6. The lowest BCUT2D eigenvalue weighted by Gasteiger charge is -2.46. The van der Waals surface area contributed by atoms with Gasteiger partial charge in [0.25, 0.3) is 0 Å². The lowest BCUT2D eigenvalue weighted by molar-refractivity contribution is -0.152. The molecule has 0 N–H and O–H groups in total. The van der Waals surface area contributed by atoms with Crippen LogP contribution in [0.15, 0.2) is 25.3 Å². The number of carbonyl (C=O) groups is 4. The Morgan fingerprint density at radius 3 is 1.63 bits per heavy atom. The van der Waals surface area contributed by atoms with Crippen molar-refractivity contribution < 1.29 is 38.1 Å². The van der Waals surface area contributed by atoms with Crippen LogP contribution in [0, 0.1) is 17.3 Å². The van der Waals surface area contributed by atoms with Crippen molar-refractivity contribution in [2.75, 3.05) is 19.8 Å². The summed E-state index contributed by atoms with van der Waals surface area (Å²) in [5.41, 5.74) is 0.245. The lowest BCUT2D eigenvalue weighted by atomic mass is 9.60. The SMILES string of the molecule is C=CC(=O)OCCCCCC(=O)CCOC1CCC(C(C)(C)C2CCC(OC(=O)CCCCCOC(=O)C=C)CC2)CC1. The number of Topliss-reactive ketones (excluding diaryl/α,β-unsaturated/α-hetero) is 1. The predicted octanol–water partition coefficient (Wildman–Crippen LogP) is 7.23. The van der Waals surface area contributed by atoms with E-state index in [1.54, 1.807) is 0 Å². The van der Waals surface area contributed by atoms with E-state index < -0.39 is 11.9 Å². The van der Waals surface area contributed by atoms with Crippen LogP contribution in [0.4, 0.5) is 0 Å². The van der Waals surface area contributed by atoms with Crippen molar-refractivity contribution in [2.24, 2.45) is 17.3 Å². The standard InChI is InChI=1S/C35H56O8/c1-5-32(37)41-24-11-7-9-13-29(36)23-26-40-30-19-15-27(16-20-30)35(3,4)28-17-21-31(22-18-28)43-34(39)14-10-8-12-25-42-33(38)6-2/h5-6,27-28,30-31H,1-2,7-26H2,3-4H3. The molecule has 0 heterocycles. The molecule has 0 saturated heterocycles. The number of ether oxygens (including phenoxy) is 4. The highest BCUT2D eigenvalue weighted by atomic mass is 16.5. The van der Waals surface area contributed by atoms with Gasteiger partial charge in [-0.1, -0.05) is 27.0 Å². The molecule has 0 aromatic heterocycles. The van der Waals surface area contributed by atoms with E-state index in [0.29, 0.717) is 50.9 Å². The summed E-state index contributed by atoms with van der Waals surface area (Å²) in [7, 11) is 0. The van der Waals surface area contributed by atoms with Crippen molar-refractivity contribution in [2.45, 2.75) is 135 Å². The van der Waals surface area contributed by atoms with Crippen LogP contribution in [-0.4, -0.2) is 55.7 Å². The Bertz CT molecular complexity index is 878. The second-order valence-electron chi connectivity index (χ2n) is 12.8. The molecule has 0 atom stereocenters. The monoisotopic (exact) mass is 604 g/mol. The third-order valence-electron chi connectivity index (χ3n) is 9.43. The molecule has 2 rings (SSSR count). The van der Waals surface area contributed by atoms with Gasteiger partial charge >= 0.3 is 17.9 Å². The number of rotatable bonds is 21. The topological polar surface area (TPSA) is 105 Å². The summed E-state index contributed by atoms with van der Waals surface area (Å²) in [5.74, 6) is 0.606. The molecule has 2 fully saturated rings. The Labute approximate surface area is 259 Å². The summed E-state index contributed by atoms with van der Waals surface area (Å²) >= 11 is 0. The van der Waals surface area contributed by atoms with E-state index in [-0.39, 0.29) is 29.4 Å². The average Bonchev–Trinajstić information content (AvgIpc) is 3.00. The van der Waals surface area contributed by atoms with E-state index in [2.05, 4.69) is 27.0 Å². The Morgan fingerprint density at radius 1 is 0.628 bits per heavy atom. The minimum Gasteiger partial charge on any atom is -0.463 e. The molecule has 0 aromatic rings. The number of esters is 3. The normalized spacial score (nSPS) is 22.3. The molecule has 0 spiro atoms. The molecular weight excluding hydrogens is 548 g/mol. The first kappa shape index (κ1) is 36.7. The van der Waals surface area contributed by atoms with Crippen LogP contribution in [-0.2, 0) is 38.1 Å². The molecule has 0 aromatic carbocycles. The zero-order chi connectivity index (χ0) is 31.5. The molecule has 43 heavy (non-hydrogen) atoms. The van der Waals surface area contributed by atoms with Crippen LogP contribution >= 0.6 is 0 Å². The molecule has 2 aliphatic rings. The van der Waals surface area contributed by atoms with E-state index in [4.69, 9.17) is 18.9 Å². The maximum absolute atomic E-state index is 12.3. The minimum absolute atomic E-state index is 0.0296. The average molecular weight is 605 g/mol. The van der Waals surface area contributed by atoms with Gasteiger partial charge < -0.3 is 18.9 Å². The molecule has 0 aliphatic heterocycles. The van der Waals surface area contributed by atoms with Gasteiger partial charge in [-0.25, -0.2) is 9.59 Å². The van der Waals surface area contributed by atoms with Gasteiger partial charge in [0.15, 0.2) is 0 Å². The second-order valence-corrected chi connectivity index (χ2v) is 12.8. The predicted molar refractivity (Wildman–Crippen MR) is 166 cm³/mol. The van der Waals surface area contributed by atoms with Crippen molar-refractivity contribution >= 4 is 23.7 Å². The van der Waals surface area contributed by atoms with Crippen molar-refractivity contribution in [3.05, 3.63) is 25.3 Å². The van der Waals surface area contributed by atoms with E-state index in [9.17, 15) is 19.2 Å². The third-order valence-corrected chi connectivity index (χ3v) is 9.43. The summed E-state index contributed by atoms with van der Waals surface area (Å²) < 4.78 is 21.8. The summed E-state index contributed by atoms with van der Waals surface area (Å²) in [5, 5.41) is 0. The number of hydrogen-bond acceptors (Lipinski definition) is 8. The fourth-order valence-electron chi connectivity index (χ4n) is 6.55. The molecular formula is C35H56O8. The van der Waals surface area contributed by atoms with Crippen molar-refractivity contribution in [1.82, 2.24) is 0 Å². The highest BCUT2D eigenvalue weighted by molar-refractivity contribution is 5.81. The minimum atomic E-state index is -0.410. The van der Waals surface area contributed by atoms with Gasteiger partial charge in [0.2, 0.25) is 0 Å². The van der Waals surface area contributed by atoms with Crippen molar-refractivity contribution in [3.63, 3.8) is 0 Å². The van der Waals surface area contributed by atoms with Crippen LogP contribution in [0.3, 0.4) is 0 Å². The zero-order valence-electron chi connectivity index (χ0n) is 26.8. The summed E-state index contributed by atoms with van der Waals surface area (Å²) in [6.07, 6.45) is 17.3. The first-order valence-electron chi connectivity index (χ1n) is 16.6. The van der Waals surface area contributed by atoms with Gasteiger partial charge in [0.1, 0.15) is 11.9 Å². The lowest BCUT2D eigenvalue weighted by Crippen LogP contribution is -2.39. The van der Waals surface area contributed by atoms with E-state index >= 15 is 0 Å². The molecule has 8 heteroatoms. The smallest absolute Gasteiger partial charge is 0.330 e. The number of ketones is 1. The molecule has 0 bridgehead atoms. The maximum Gasteiger partial charge on any atom is 0.330 e. The van der Waals surface area contributed by atoms with E-state index in [0.717, 1.165) is 102 Å². The number of carbonyl (C=O) groups excluding carboxylic acids is 4. The molecule has 0 unspecified atom stereocenters. The Hall–Kier alpha value is -2.48. The first-order chi connectivity index (χ1) is 20.6. The van der Waals surface area contributed by atoms with Crippen molar-refractivity contribution in [3.8, 4) is 0 Å². The van der Waals surface area contributed by atoms with Gasteiger partial charge in [0, 0.05) is 31.4 Å². The Balaban J connectivity index is 1.54. The highest BCUT2D eigenvalue weighted by Gasteiger charge is 2.41. The summed E-state index contributed by atoms with van der Waals surface area (Å²) in [6, 6.07) is 0. The molecule has 0 amide bonds. The van der Waals surface area contributed by atoms with E-state index in [1.807, 2.05) is 0 Å². The van der Waals surface area contributed by atoms with Crippen molar-refractivity contribution in [1.29, 1.82) is 0 Å². The summed E-state index contributed by atoms with van der Waals surface area (Å²) in [4.78, 5) is 46.6. The fourth-order valence-corrected chi connectivity index (χ4v) is 6.55. The second kappa shape index (κ2) is 20.5. The molecule has 0 radical (unpaired) electrons. The van der Waals surface area contributed by atoms with Crippen LogP contribution in [0.2, 0.25) is 0 Å². The van der Waals surface area contributed by atoms with Gasteiger partial charge in [-0.2, -0.15) is 0 Å². The van der Waals surface area contributed by atoms with Gasteiger partial charge in [0.05, 0.1) is 25.9 Å². The fraction of sp³-hybridized carbons (Fsp3) is 0.771. The maximum atomic E-state index is 12.3.